The average Bonchev–Trinajstić information content (AvgIpc) is 2.44. The van der Waals surface area contributed by atoms with Crippen LogP contribution in [0.25, 0.3) is 0 Å². The van der Waals surface area contributed by atoms with Crippen LogP contribution in [0.15, 0.2) is 18.2 Å². The van der Waals surface area contributed by atoms with Crippen molar-refractivity contribution in [3.05, 3.63) is 29.3 Å². The molecule has 0 aliphatic carbocycles. The fourth-order valence-corrected chi connectivity index (χ4v) is 3.25. The number of nitrogens with one attached hydrogen (secondary N) is 1. The topological polar surface area (TPSA) is 24.5 Å². The number of piperidine rings is 1. The molecule has 1 aromatic rings. The lowest BCUT2D eigenvalue weighted by molar-refractivity contribution is 0.0943. The zero-order valence-corrected chi connectivity index (χ0v) is 13.3. The Kier molecular flexibility index (Phi) is 5.44. The van der Waals surface area contributed by atoms with Gasteiger partial charge in [-0.2, -0.15) is 0 Å². The predicted molar refractivity (Wildman–Crippen MR) is 84.1 cm³/mol. The van der Waals surface area contributed by atoms with Crippen molar-refractivity contribution in [3.8, 4) is 5.75 Å². The monoisotopic (exact) mass is 276 g/mol. The second-order valence-corrected chi connectivity index (χ2v) is 5.98. The maximum atomic E-state index is 5.54. The van der Waals surface area contributed by atoms with Gasteiger partial charge in [0.15, 0.2) is 0 Å². The number of rotatable bonds is 5. The first-order valence-electron chi connectivity index (χ1n) is 7.71. The molecular weight excluding hydrogens is 248 g/mol. The molecule has 1 heterocycles. The van der Waals surface area contributed by atoms with Crippen molar-refractivity contribution >= 4 is 0 Å². The molecule has 1 N–H and O–H groups in total. The summed E-state index contributed by atoms with van der Waals surface area (Å²) < 4.78 is 5.54. The van der Waals surface area contributed by atoms with E-state index in [9.17, 15) is 0 Å². The van der Waals surface area contributed by atoms with Gasteiger partial charge in [-0.15, -0.1) is 0 Å². The summed E-state index contributed by atoms with van der Waals surface area (Å²) in [6.07, 6.45) is 3.97. The minimum atomic E-state index is 0.663. The average molecular weight is 276 g/mol. The summed E-state index contributed by atoms with van der Waals surface area (Å²) >= 11 is 0. The molecule has 1 aliphatic heterocycles. The lowest BCUT2D eigenvalue weighted by atomic mass is 9.96. The Morgan fingerprint density at radius 3 is 2.55 bits per heavy atom. The van der Waals surface area contributed by atoms with Crippen molar-refractivity contribution in [2.75, 3.05) is 14.2 Å². The molecular formula is C17H28N2O. The second kappa shape index (κ2) is 7.09. The molecule has 0 saturated carbocycles. The van der Waals surface area contributed by atoms with Gasteiger partial charge in [-0.05, 0) is 51.4 Å². The molecule has 2 atom stereocenters. The normalized spacial score (nSPS) is 23.8. The van der Waals surface area contributed by atoms with Crippen LogP contribution in [0.4, 0.5) is 0 Å². The van der Waals surface area contributed by atoms with Crippen LogP contribution in [-0.2, 0) is 13.1 Å². The van der Waals surface area contributed by atoms with Gasteiger partial charge in [0.2, 0.25) is 0 Å². The number of likely N-dealkylation sites (tertiary alicyclic amines) is 1. The highest BCUT2D eigenvalue weighted by atomic mass is 16.5. The van der Waals surface area contributed by atoms with Gasteiger partial charge in [0.1, 0.15) is 5.75 Å². The van der Waals surface area contributed by atoms with Crippen LogP contribution in [-0.4, -0.2) is 31.1 Å². The third-order valence-corrected chi connectivity index (χ3v) is 4.45. The van der Waals surface area contributed by atoms with Gasteiger partial charge in [0.25, 0.3) is 0 Å². The molecule has 1 aliphatic rings. The molecule has 2 unspecified atom stereocenters. The molecule has 1 saturated heterocycles. The lowest BCUT2D eigenvalue weighted by Crippen LogP contribution is -2.43. The number of hydrogen-bond donors (Lipinski definition) is 1. The lowest BCUT2D eigenvalue weighted by Gasteiger charge is -2.39. The summed E-state index contributed by atoms with van der Waals surface area (Å²) in [5.41, 5.74) is 2.63. The molecule has 3 nitrogen and oxygen atoms in total. The third kappa shape index (κ3) is 3.53. The Balaban J connectivity index is 2.19. The maximum absolute atomic E-state index is 5.54. The third-order valence-electron chi connectivity index (χ3n) is 4.45. The molecule has 0 aromatic heterocycles. The molecule has 3 heteroatoms. The van der Waals surface area contributed by atoms with Gasteiger partial charge < -0.3 is 10.1 Å². The van der Waals surface area contributed by atoms with E-state index in [-0.39, 0.29) is 0 Å². The van der Waals surface area contributed by atoms with Crippen LogP contribution in [0.3, 0.4) is 0 Å². The van der Waals surface area contributed by atoms with Gasteiger partial charge in [0.05, 0.1) is 7.11 Å². The minimum Gasteiger partial charge on any atom is -0.496 e. The van der Waals surface area contributed by atoms with Gasteiger partial charge in [0, 0.05) is 30.7 Å². The van der Waals surface area contributed by atoms with E-state index in [0.29, 0.717) is 12.1 Å². The molecule has 1 aromatic carbocycles. The van der Waals surface area contributed by atoms with E-state index < -0.39 is 0 Å². The molecule has 0 amide bonds. The van der Waals surface area contributed by atoms with Gasteiger partial charge >= 0.3 is 0 Å². The van der Waals surface area contributed by atoms with E-state index >= 15 is 0 Å². The smallest absolute Gasteiger partial charge is 0.123 e. The predicted octanol–water partition coefficient (Wildman–Crippen LogP) is 3.18. The summed E-state index contributed by atoms with van der Waals surface area (Å²) in [6, 6.07) is 7.85. The Morgan fingerprint density at radius 1 is 1.25 bits per heavy atom. The van der Waals surface area contributed by atoms with Crippen LogP contribution < -0.4 is 10.1 Å². The van der Waals surface area contributed by atoms with Crippen molar-refractivity contribution in [1.29, 1.82) is 0 Å². The largest absolute Gasteiger partial charge is 0.496 e. The number of nitrogens with zero attached hydrogens (tertiary/aromatic N) is 1. The van der Waals surface area contributed by atoms with Crippen LogP contribution in [0.5, 0.6) is 5.75 Å². The molecule has 0 spiro atoms. The van der Waals surface area contributed by atoms with E-state index in [1.54, 1.807) is 7.11 Å². The summed E-state index contributed by atoms with van der Waals surface area (Å²) in [4.78, 5) is 2.62. The zero-order chi connectivity index (χ0) is 14.5. The summed E-state index contributed by atoms with van der Waals surface area (Å²) in [7, 11) is 3.75. The summed E-state index contributed by atoms with van der Waals surface area (Å²) in [5, 5.41) is 3.22. The number of methoxy groups -OCH3 is 1. The van der Waals surface area contributed by atoms with Crippen molar-refractivity contribution in [1.82, 2.24) is 10.2 Å². The Labute approximate surface area is 123 Å². The van der Waals surface area contributed by atoms with Crippen molar-refractivity contribution < 1.29 is 4.74 Å². The summed E-state index contributed by atoms with van der Waals surface area (Å²) in [5.74, 6) is 1.01. The van der Waals surface area contributed by atoms with Gasteiger partial charge in [-0.3, -0.25) is 4.90 Å². The SMILES string of the molecule is CNCc1ccc(OC)c(CN2C(C)CCCC2C)c1. The minimum absolute atomic E-state index is 0.663. The van der Waals surface area contributed by atoms with Crippen LogP contribution in [0.1, 0.15) is 44.2 Å². The summed E-state index contributed by atoms with van der Waals surface area (Å²) in [6.45, 7) is 6.59. The van der Waals surface area contributed by atoms with E-state index in [2.05, 4.69) is 42.3 Å². The van der Waals surface area contributed by atoms with Crippen LogP contribution in [0.2, 0.25) is 0 Å². The van der Waals surface area contributed by atoms with Gasteiger partial charge in [-0.1, -0.05) is 12.5 Å². The number of benzene rings is 1. The van der Waals surface area contributed by atoms with Crippen molar-refractivity contribution in [2.45, 2.75) is 58.3 Å². The maximum Gasteiger partial charge on any atom is 0.123 e. The fourth-order valence-electron chi connectivity index (χ4n) is 3.25. The first kappa shape index (κ1) is 15.3. The fraction of sp³-hybridized carbons (Fsp3) is 0.647. The number of ether oxygens (including phenoxy) is 1. The number of hydrogen-bond acceptors (Lipinski definition) is 3. The Morgan fingerprint density at radius 2 is 1.95 bits per heavy atom. The highest BCUT2D eigenvalue weighted by molar-refractivity contribution is 5.37. The van der Waals surface area contributed by atoms with Gasteiger partial charge in [-0.25, -0.2) is 0 Å². The zero-order valence-electron chi connectivity index (χ0n) is 13.3. The first-order chi connectivity index (χ1) is 9.65. The molecule has 0 radical (unpaired) electrons. The highest BCUT2D eigenvalue weighted by Crippen LogP contribution is 2.28. The van der Waals surface area contributed by atoms with E-state index in [4.69, 9.17) is 4.74 Å². The van der Waals surface area contributed by atoms with E-state index in [1.807, 2.05) is 7.05 Å². The molecule has 2 rings (SSSR count). The first-order valence-corrected chi connectivity index (χ1v) is 7.71. The molecule has 20 heavy (non-hydrogen) atoms. The van der Waals surface area contributed by atoms with Crippen LogP contribution in [0, 0.1) is 0 Å². The second-order valence-electron chi connectivity index (χ2n) is 5.98. The van der Waals surface area contributed by atoms with Crippen molar-refractivity contribution in [2.24, 2.45) is 0 Å². The standard InChI is InChI=1S/C17H28N2O/c1-13-6-5-7-14(2)19(13)12-16-10-15(11-18-3)8-9-17(16)20-4/h8-10,13-14,18H,5-7,11-12H2,1-4H3. The molecule has 0 bridgehead atoms. The molecule has 112 valence electrons. The van der Waals surface area contributed by atoms with Crippen LogP contribution >= 0.6 is 0 Å². The van der Waals surface area contributed by atoms with E-state index in [1.165, 1.54) is 30.4 Å². The Bertz CT molecular complexity index is 423. The molecule has 1 fully saturated rings. The quantitative estimate of drug-likeness (QED) is 0.894. The Hall–Kier alpha value is -1.06. The van der Waals surface area contributed by atoms with E-state index in [0.717, 1.165) is 18.8 Å². The highest BCUT2D eigenvalue weighted by Gasteiger charge is 2.25. The van der Waals surface area contributed by atoms with Crippen molar-refractivity contribution in [3.63, 3.8) is 0 Å².